The normalized spacial score (nSPS) is 29.9. The van der Waals surface area contributed by atoms with Gasteiger partial charge in [0.15, 0.2) is 9.84 Å². The minimum atomic E-state index is -2.92. The maximum Gasteiger partial charge on any atom is 0.163 e. The van der Waals surface area contributed by atoms with Crippen molar-refractivity contribution in [3.8, 4) is 0 Å². The van der Waals surface area contributed by atoms with Crippen molar-refractivity contribution in [2.24, 2.45) is 0 Å². The lowest BCUT2D eigenvalue weighted by Crippen LogP contribution is -2.25. The average molecular weight is 230 g/mol. The molecule has 0 spiro atoms. The molecule has 1 heterocycles. The summed E-state index contributed by atoms with van der Waals surface area (Å²) in [6, 6.07) is 0. The van der Waals surface area contributed by atoms with Crippen LogP contribution in [0, 0.1) is 0 Å². The molecule has 88 valence electrons. The number of hydrogen-bond acceptors (Lipinski definition) is 2. The van der Waals surface area contributed by atoms with Crippen molar-refractivity contribution < 1.29 is 8.42 Å². The molecule has 0 aliphatic carbocycles. The van der Waals surface area contributed by atoms with E-state index in [9.17, 15) is 8.42 Å². The molecule has 0 radical (unpaired) electrons. The third-order valence-electron chi connectivity index (χ3n) is 3.49. The first-order valence-corrected chi connectivity index (χ1v) is 7.59. The summed E-state index contributed by atoms with van der Waals surface area (Å²) in [5, 5.41) is -0.384. The molecule has 15 heavy (non-hydrogen) atoms. The molecule has 0 amide bonds. The molecule has 3 heteroatoms. The summed E-state index contributed by atoms with van der Waals surface area (Å²) in [6.45, 7) is 8.09. The van der Waals surface area contributed by atoms with E-state index in [1.54, 1.807) is 0 Å². The fourth-order valence-electron chi connectivity index (χ4n) is 2.88. The molecule has 1 aliphatic heterocycles. The molecule has 2 nitrogen and oxygen atoms in total. The minimum Gasteiger partial charge on any atom is -0.228 e. The van der Waals surface area contributed by atoms with Gasteiger partial charge in [0.25, 0.3) is 0 Å². The lowest BCUT2D eigenvalue weighted by molar-refractivity contribution is 0.578. The second-order valence-corrected chi connectivity index (χ2v) is 6.46. The molecule has 0 N–H and O–H groups in total. The zero-order chi connectivity index (χ0) is 11.6. The largest absolute Gasteiger partial charge is 0.228 e. The van der Waals surface area contributed by atoms with Crippen LogP contribution in [0.1, 0.15) is 53.4 Å². The second kappa shape index (κ2) is 4.69. The van der Waals surface area contributed by atoms with Gasteiger partial charge >= 0.3 is 0 Å². The van der Waals surface area contributed by atoms with Crippen LogP contribution in [-0.2, 0) is 9.84 Å². The van der Waals surface area contributed by atoms with Crippen LogP contribution in [0.4, 0.5) is 0 Å². The van der Waals surface area contributed by atoms with Gasteiger partial charge in [0.1, 0.15) is 0 Å². The van der Waals surface area contributed by atoms with E-state index < -0.39 is 9.84 Å². The first kappa shape index (κ1) is 12.8. The highest BCUT2D eigenvalue weighted by molar-refractivity contribution is 7.93. The summed E-state index contributed by atoms with van der Waals surface area (Å²) in [5.74, 6) is 0. The Hall–Kier alpha value is -0.310. The molecule has 0 aromatic heterocycles. The van der Waals surface area contributed by atoms with Gasteiger partial charge in [0.05, 0.1) is 10.5 Å². The van der Waals surface area contributed by atoms with Gasteiger partial charge in [-0.05, 0) is 25.7 Å². The zero-order valence-electron chi connectivity index (χ0n) is 10.2. The van der Waals surface area contributed by atoms with E-state index in [4.69, 9.17) is 0 Å². The van der Waals surface area contributed by atoms with Gasteiger partial charge in [0.2, 0.25) is 0 Å². The van der Waals surface area contributed by atoms with Gasteiger partial charge in [-0.3, -0.25) is 0 Å². The van der Waals surface area contributed by atoms with E-state index in [1.165, 1.54) is 11.1 Å². The summed E-state index contributed by atoms with van der Waals surface area (Å²) in [7, 11) is -2.92. The van der Waals surface area contributed by atoms with E-state index in [-0.39, 0.29) is 10.5 Å². The summed E-state index contributed by atoms with van der Waals surface area (Å²) >= 11 is 0. The average Bonchev–Trinajstić information content (AvgIpc) is 2.43. The first-order valence-electron chi connectivity index (χ1n) is 5.98. The molecule has 0 unspecified atom stereocenters. The Bertz CT molecular complexity index is 324. The Kier molecular flexibility index (Phi) is 3.99. The molecule has 0 bridgehead atoms. The molecule has 0 saturated carbocycles. The third-order valence-corrected chi connectivity index (χ3v) is 6.31. The van der Waals surface area contributed by atoms with Crippen LogP contribution < -0.4 is 0 Å². The van der Waals surface area contributed by atoms with Gasteiger partial charge in [-0.1, -0.05) is 38.8 Å². The van der Waals surface area contributed by atoms with Crippen molar-refractivity contribution in [2.45, 2.75) is 63.9 Å². The monoisotopic (exact) mass is 230 g/mol. The molecule has 2 atom stereocenters. The van der Waals surface area contributed by atoms with Crippen LogP contribution in [0.15, 0.2) is 11.1 Å². The van der Waals surface area contributed by atoms with Crippen molar-refractivity contribution in [3.05, 3.63) is 11.1 Å². The third kappa shape index (κ3) is 1.86. The predicted octanol–water partition coefficient (Wildman–Crippen LogP) is 3.09. The SMILES string of the molecule is CCC1=C(CC)[C@H](CC)S(=O)(=O)[C@@H]1CC. The molecule has 1 aliphatic rings. The number of sulfone groups is 1. The Morgan fingerprint density at radius 1 is 0.867 bits per heavy atom. The summed E-state index contributed by atoms with van der Waals surface area (Å²) < 4.78 is 24.5. The Labute approximate surface area is 93.7 Å². The molecule has 0 aromatic rings. The predicted molar refractivity (Wildman–Crippen MR) is 64.7 cm³/mol. The van der Waals surface area contributed by atoms with Crippen molar-refractivity contribution in [1.29, 1.82) is 0 Å². The van der Waals surface area contributed by atoms with E-state index in [1.807, 2.05) is 13.8 Å². The maximum absolute atomic E-state index is 12.3. The van der Waals surface area contributed by atoms with Gasteiger partial charge in [0, 0.05) is 0 Å². The summed E-state index contributed by atoms with van der Waals surface area (Å²) in [6.07, 6.45) is 3.23. The fraction of sp³-hybridized carbons (Fsp3) is 0.833. The summed E-state index contributed by atoms with van der Waals surface area (Å²) in [4.78, 5) is 0. The van der Waals surface area contributed by atoms with Crippen LogP contribution in [0.5, 0.6) is 0 Å². The zero-order valence-corrected chi connectivity index (χ0v) is 11.0. The Morgan fingerprint density at radius 2 is 1.20 bits per heavy atom. The highest BCUT2D eigenvalue weighted by atomic mass is 32.2. The molecular weight excluding hydrogens is 208 g/mol. The quantitative estimate of drug-likeness (QED) is 0.695. The van der Waals surface area contributed by atoms with Crippen molar-refractivity contribution >= 4 is 9.84 Å². The highest BCUT2D eigenvalue weighted by Gasteiger charge is 2.43. The van der Waals surface area contributed by atoms with Crippen molar-refractivity contribution in [1.82, 2.24) is 0 Å². The standard InChI is InChI=1S/C12H22O2S/c1-5-9-10(6-2)12(8-4)15(13,14)11(9)7-3/h11-12H,5-8H2,1-4H3/t11-,12+. The molecule has 0 aromatic carbocycles. The van der Waals surface area contributed by atoms with E-state index in [0.717, 1.165) is 25.7 Å². The Balaban J connectivity index is 3.27. The molecule has 1 rings (SSSR count). The van der Waals surface area contributed by atoms with Crippen molar-refractivity contribution in [2.75, 3.05) is 0 Å². The highest BCUT2D eigenvalue weighted by Crippen LogP contribution is 2.39. The van der Waals surface area contributed by atoms with Crippen LogP contribution >= 0.6 is 0 Å². The fourth-order valence-corrected chi connectivity index (χ4v) is 5.63. The minimum absolute atomic E-state index is 0.192. The van der Waals surface area contributed by atoms with Crippen LogP contribution in [0.25, 0.3) is 0 Å². The van der Waals surface area contributed by atoms with Gasteiger partial charge in [-0.25, -0.2) is 8.42 Å². The van der Waals surface area contributed by atoms with Crippen LogP contribution in [0.2, 0.25) is 0 Å². The maximum atomic E-state index is 12.3. The van der Waals surface area contributed by atoms with Gasteiger partial charge in [-0.2, -0.15) is 0 Å². The Morgan fingerprint density at radius 3 is 1.40 bits per heavy atom. The topological polar surface area (TPSA) is 34.1 Å². The van der Waals surface area contributed by atoms with E-state index in [0.29, 0.717) is 0 Å². The number of hydrogen-bond donors (Lipinski definition) is 0. The van der Waals surface area contributed by atoms with Crippen molar-refractivity contribution in [3.63, 3.8) is 0 Å². The van der Waals surface area contributed by atoms with E-state index >= 15 is 0 Å². The molecule has 0 fully saturated rings. The van der Waals surface area contributed by atoms with Crippen LogP contribution in [-0.4, -0.2) is 18.9 Å². The molecular formula is C12H22O2S. The first-order chi connectivity index (χ1) is 7.04. The lowest BCUT2D eigenvalue weighted by Gasteiger charge is -2.13. The lowest BCUT2D eigenvalue weighted by atomic mass is 9.96. The smallest absolute Gasteiger partial charge is 0.163 e. The van der Waals surface area contributed by atoms with Gasteiger partial charge < -0.3 is 0 Å². The second-order valence-electron chi connectivity index (χ2n) is 4.14. The van der Waals surface area contributed by atoms with Crippen LogP contribution in [0.3, 0.4) is 0 Å². The van der Waals surface area contributed by atoms with Gasteiger partial charge in [-0.15, -0.1) is 0 Å². The summed E-state index contributed by atoms with van der Waals surface area (Å²) in [5.41, 5.74) is 2.40. The molecule has 0 saturated heterocycles. The van der Waals surface area contributed by atoms with E-state index in [2.05, 4.69) is 13.8 Å². The number of rotatable bonds is 4.